The van der Waals surface area contributed by atoms with E-state index >= 15 is 0 Å². The lowest BCUT2D eigenvalue weighted by Crippen LogP contribution is -2.51. The maximum absolute atomic E-state index is 12.3. The average molecular weight is 316 g/mol. The Balaban J connectivity index is 1.85. The van der Waals surface area contributed by atoms with E-state index < -0.39 is 10.8 Å². The van der Waals surface area contributed by atoms with Crippen LogP contribution in [-0.4, -0.2) is 58.5 Å². The van der Waals surface area contributed by atoms with Gasteiger partial charge in [0.2, 0.25) is 0 Å². The van der Waals surface area contributed by atoms with E-state index in [9.17, 15) is 9.00 Å². The highest BCUT2D eigenvalue weighted by Gasteiger charge is 2.31. The van der Waals surface area contributed by atoms with Gasteiger partial charge >= 0.3 is 6.03 Å². The molecule has 4 atom stereocenters. The van der Waals surface area contributed by atoms with Crippen molar-refractivity contribution in [2.24, 2.45) is 0 Å². The summed E-state index contributed by atoms with van der Waals surface area (Å²) in [6.45, 7) is 3.40. The van der Waals surface area contributed by atoms with Gasteiger partial charge in [0.1, 0.15) is 0 Å². The molecular weight excluding hydrogens is 288 g/mol. The molecule has 1 saturated heterocycles. The molecular formula is C15H28N2O3S. The fraction of sp³-hybridized carbons (Fsp3) is 0.933. The third kappa shape index (κ3) is 4.68. The molecule has 2 rings (SSSR count). The van der Waals surface area contributed by atoms with Crippen LogP contribution >= 0.6 is 0 Å². The Hall–Kier alpha value is -0.620. The SMILES string of the molecule is CC[S@@](=O)[C@@H]1CCCC[C@@H]1NC(=O)N(C)C[C@@H]1CCCO1. The molecule has 0 aromatic carbocycles. The number of rotatable bonds is 5. The van der Waals surface area contributed by atoms with Crippen LogP contribution in [0.15, 0.2) is 0 Å². The van der Waals surface area contributed by atoms with Crippen molar-refractivity contribution in [2.75, 3.05) is 26.0 Å². The van der Waals surface area contributed by atoms with Crippen molar-refractivity contribution >= 4 is 16.8 Å². The van der Waals surface area contributed by atoms with Gasteiger partial charge in [-0.3, -0.25) is 4.21 Å². The third-order valence-electron chi connectivity index (χ3n) is 4.48. The Morgan fingerprint density at radius 2 is 2.05 bits per heavy atom. The van der Waals surface area contributed by atoms with Crippen LogP contribution in [0, 0.1) is 0 Å². The highest BCUT2D eigenvalue weighted by molar-refractivity contribution is 7.85. The lowest BCUT2D eigenvalue weighted by Gasteiger charge is -2.33. The summed E-state index contributed by atoms with van der Waals surface area (Å²) in [5.74, 6) is 0.669. The van der Waals surface area contributed by atoms with E-state index in [1.54, 1.807) is 4.90 Å². The minimum atomic E-state index is -0.835. The standard InChI is InChI=1S/C15H28N2O3S/c1-3-21(19)14-9-5-4-8-13(14)16-15(18)17(2)11-12-7-6-10-20-12/h12-14H,3-11H2,1-2H3,(H,16,18)/t12-,13-,14+,21+/m0/s1. The van der Waals surface area contributed by atoms with Crippen molar-refractivity contribution in [3.63, 3.8) is 0 Å². The van der Waals surface area contributed by atoms with Gasteiger partial charge in [0.15, 0.2) is 0 Å². The molecule has 1 aliphatic carbocycles. The molecule has 0 radical (unpaired) electrons. The van der Waals surface area contributed by atoms with Crippen molar-refractivity contribution in [3.05, 3.63) is 0 Å². The number of hydrogen-bond acceptors (Lipinski definition) is 3. The molecule has 5 nitrogen and oxygen atoms in total. The lowest BCUT2D eigenvalue weighted by atomic mass is 9.95. The Bertz CT molecular complexity index is 372. The van der Waals surface area contributed by atoms with Crippen molar-refractivity contribution < 1.29 is 13.7 Å². The number of amides is 2. The second kappa shape index (κ2) is 8.13. The number of hydrogen-bond donors (Lipinski definition) is 1. The second-order valence-corrected chi connectivity index (χ2v) is 8.01. The molecule has 1 N–H and O–H groups in total. The normalized spacial score (nSPS) is 30.9. The molecule has 122 valence electrons. The van der Waals surface area contributed by atoms with E-state index in [4.69, 9.17) is 4.74 Å². The topological polar surface area (TPSA) is 58.6 Å². The number of nitrogens with one attached hydrogen (secondary N) is 1. The van der Waals surface area contributed by atoms with Crippen LogP contribution in [0.2, 0.25) is 0 Å². The fourth-order valence-electron chi connectivity index (χ4n) is 3.24. The molecule has 1 saturated carbocycles. The average Bonchev–Trinajstić information content (AvgIpc) is 2.99. The number of ether oxygens (including phenoxy) is 1. The molecule has 6 heteroatoms. The number of carbonyl (C=O) groups is 1. The monoisotopic (exact) mass is 316 g/mol. The summed E-state index contributed by atoms with van der Waals surface area (Å²) in [7, 11) is 0.976. The number of carbonyl (C=O) groups excluding carboxylic acids is 1. The first-order chi connectivity index (χ1) is 10.1. The molecule has 0 aromatic rings. The summed E-state index contributed by atoms with van der Waals surface area (Å²) in [6, 6.07) is -0.00511. The number of likely N-dealkylation sites (N-methyl/N-ethyl adjacent to an activating group) is 1. The first-order valence-corrected chi connectivity index (χ1v) is 9.50. The van der Waals surface area contributed by atoms with Crippen LogP contribution in [0.4, 0.5) is 4.79 Å². The maximum atomic E-state index is 12.3. The predicted octanol–water partition coefficient (Wildman–Crippen LogP) is 1.89. The van der Waals surface area contributed by atoms with Crippen LogP contribution in [0.3, 0.4) is 0 Å². The first kappa shape index (κ1) is 16.7. The van der Waals surface area contributed by atoms with Crippen LogP contribution in [0.1, 0.15) is 45.4 Å². The molecule has 0 aromatic heterocycles. The number of nitrogens with zero attached hydrogens (tertiary/aromatic N) is 1. The van der Waals surface area contributed by atoms with Crippen LogP contribution in [0.5, 0.6) is 0 Å². The summed E-state index contributed by atoms with van der Waals surface area (Å²) in [5, 5.41) is 3.21. The molecule has 21 heavy (non-hydrogen) atoms. The Morgan fingerprint density at radius 1 is 1.29 bits per heavy atom. The Kier molecular flexibility index (Phi) is 6.48. The summed E-state index contributed by atoms with van der Waals surface area (Å²) >= 11 is 0. The Labute approximate surface area is 130 Å². The molecule has 2 amide bonds. The van der Waals surface area contributed by atoms with Gasteiger partial charge in [-0.15, -0.1) is 0 Å². The van der Waals surface area contributed by atoms with E-state index in [-0.39, 0.29) is 23.4 Å². The van der Waals surface area contributed by atoms with E-state index in [1.807, 2.05) is 14.0 Å². The van der Waals surface area contributed by atoms with Crippen molar-refractivity contribution in [1.82, 2.24) is 10.2 Å². The van der Waals surface area contributed by atoms with Gasteiger partial charge in [0.05, 0.1) is 11.4 Å². The lowest BCUT2D eigenvalue weighted by molar-refractivity contribution is 0.0867. The quantitative estimate of drug-likeness (QED) is 0.842. The molecule has 0 spiro atoms. The van der Waals surface area contributed by atoms with Gasteiger partial charge in [-0.25, -0.2) is 4.79 Å². The van der Waals surface area contributed by atoms with Gasteiger partial charge in [-0.2, -0.15) is 0 Å². The van der Waals surface area contributed by atoms with Crippen molar-refractivity contribution in [1.29, 1.82) is 0 Å². The minimum absolute atomic E-state index is 0.0546. The predicted molar refractivity (Wildman–Crippen MR) is 84.9 cm³/mol. The second-order valence-electron chi connectivity index (χ2n) is 6.06. The highest BCUT2D eigenvalue weighted by Crippen LogP contribution is 2.23. The molecule has 2 aliphatic rings. The molecule has 0 bridgehead atoms. The largest absolute Gasteiger partial charge is 0.376 e. The molecule has 0 unspecified atom stereocenters. The van der Waals surface area contributed by atoms with Crippen LogP contribution in [0.25, 0.3) is 0 Å². The zero-order valence-corrected chi connectivity index (χ0v) is 14.0. The van der Waals surface area contributed by atoms with Gasteiger partial charge in [-0.05, 0) is 25.7 Å². The zero-order chi connectivity index (χ0) is 15.2. The van der Waals surface area contributed by atoms with E-state index in [0.717, 1.165) is 45.1 Å². The first-order valence-electron chi connectivity index (χ1n) is 8.12. The molecule has 1 aliphatic heterocycles. The van der Waals surface area contributed by atoms with Gasteiger partial charge in [0, 0.05) is 42.8 Å². The summed E-state index contributed by atoms with van der Waals surface area (Å²) in [6.07, 6.45) is 6.42. The van der Waals surface area contributed by atoms with E-state index in [0.29, 0.717) is 12.3 Å². The molecule has 2 fully saturated rings. The van der Waals surface area contributed by atoms with Gasteiger partial charge < -0.3 is 15.0 Å². The summed E-state index contributed by atoms with van der Waals surface area (Å²) in [5.41, 5.74) is 0. The van der Waals surface area contributed by atoms with Gasteiger partial charge in [-0.1, -0.05) is 19.8 Å². The highest BCUT2D eigenvalue weighted by atomic mass is 32.2. The number of urea groups is 1. The van der Waals surface area contributed by atoms with Crippen LogP contribution in [-0.2, 0) is 15.5 Å². The maximum Gasteiger partial charge on any atom is 0.317 e. The van der Waals surface area contributed by atoms with Crippen LogP contribution < -0.4 is 5.32 Å². The third-order valence-corrected chi connectivity index (χ3v) is 6.29. The minimum Gasteiger partial charge on any atom is -0.376 e. The zero-order valence-electron chi connectivity index (χ0n) is 13.2. The summed E-state index contributed by atoms with van der Waals surface area (Å²) < 4.78 is 17.7. The summed E-state index contributed by atoms with van der Waals surface area (Å²) in [4.78, 5) is 14.0. The molecule has 1 heterocycles. The van der Waals surface area contributed by atoms with Gasteiger partial charge in [0.25, 0.3) is 0 Å². The van der Waals surface area contributed by atoms with E-state index in [1.165, 1.54) is 0 Å². The smallest absolute Gasteiger partial charge is 0.317 e. The van der Waals surface area contributed by atoms with E-state index in [2.05, 4.69) is 5.32 Å². The Morgan fingerprint density at radius 3 is 2.71 bits per heavy atom. The van der Waals surface area contributed by atoms with Crippen molar-refractivity contribution in [2.45, 2.75) is 62.8 Å². The fourth-order valence-corrected chi connectivity index (χ4v) is 4.66. The van der Waals surface area contributed by atoms with Crippen molar-refractivity contribution in [3.8, 4) is 0 Å².